The van der Waals surface area contributed by atoms with E-state index >= 15 is 0 Å². The van der Waals surface area contributed by atoms with Crippen LogP contribution in [0.1, 0.15) is 15.9 Å². The van der Waals surface area contributed by atoms with Gasteiger partial charge in [-0.05, 0) is 46.3 Å². The maximum atomic E-state index is 13.0. The number of carbonyl (C=O) groups is 2. The van der Waals surface area contributed by atoms with Gasteiger partial charge in [0.25, 0.3) is 0 Å². The van der Waals surface area contributed by atoms with Crippen LogP contribution in [0.15, 0.2) is 59.2 Å². The van der Waals surface area contributed by atoms with E-state index in [1.807, 2.05) is 0 Å². The Morgan fingerprint density at radius 3 is 1.88 bits per heavy atom. The lowest BCUT2D eigenvalue weighted by atomic mass is 10.1. The van der Waals surface area contributed by atoms with Gasteiger partial charge in [-0.3, -0.25) is 9.59 Å². The summed E-state index contributed by atoms with van der Waals surface area (Å²) in [6.45, 7) is 0. The molecule has 0 saturated carbocycles. The average Bonchev–Trinajstić information content (AvgIpc) is 3.02. The van der Waals surface area contributed by atoms with Crippen molar-refractivity contribution >= 4 is 45.1 Å². The van der Waals surface area contributed by atoms with Gasteiger partial charge in [0.1, 0.15) is 23.0 Å². The van der Waals surface area contributed by atoms with E-state index < -0.39 is 5.91 Å². The third-order valence-corrected chi connectivity index (χ3v) is 6.92. The number of benzene rings is 3. The minimum Gasteiger partial charge on any atom is -0.496 e. The molecule has 3 rings (SSSR count). The Morgan fingerprint density at radius 2 is 1.33 bits per heavy atom. The fraction of sp³-hybridized carbons (Fsp3) is 0.226. The molecular weight excluding hydrogens is 624 g/mol. The molecule has 0 spiro atoms. The zero-order chi connectivity index (χ0) is 31.5. The standard InChI is InChI=1S/C31H33BrN2O9/c1-37-19-15-25(39-3)20(26(16-19)40-4)9-11-28(36)34-18-8-10-24(38-2)22(14-18)33-13-12-23(35)21-17-27(41-5)30(42-6)31(43-7)29(21)32/h8-17,33H,1-7H3,(H,34,36)/b11-9+,13-12+. The predicted molar refractivity (Wildman–Crippen MR) is 168 cm³/mol. The number of allylic oxidation sites excluding steroid dienone is 1. The first-order valence-corrected chi connectivity index (χ1v) is 13.5. The fourth-order valence-electron chi connectivity index (χ4n) is 4.04. The molecule has 0 aromatic heterocycles. The lowest BCUT2D eigenvalue weighted by Crippen LogP contribution is -2.08. The highest BCUT2D eigenvalue weighted by molar-refractivity contribution is 9.10. The molecule has 0 radical (unpaired) electrons. The van der Waals surface area contributed by atoms with Crippen LogP contribution in [0.4, 0.5) is 11.4 Å². The van der Waals surface area contributed by atoms with E-state index in [0.717, 1.165) is 0 Å². The third-order valence-electron chi connectivity index (χ3n) is 6.13. The van der Waals surface area contributed by atoms with Crippen LogP contribution in [0.5, 0.6) is 40.2 Å². The van der Waals surface area contributed by atoms with Crippen molar-refractivity contribution in [3.63, 3.8) is 0 Å². The molecule has 2 N–H and O–H groups in total. The van der Waals surface area contributed by atoms with Gasteiger partial charge in [0.2, 0.25) is 11.7 Å². The van der Waals surface area contributed by atoms with Gasteiger partial charge < -0.3 is 43.8 Å². The van der Waals surface area contributed by atoms with Gasteiger partial charge in [-0.25, -0.2) is 0 Å². The molecular formula is C31H33BrN2O9. The highest BCUT2D eigenvalue weighted by atomic mass is 79.9. The molecule has 0 heterocycles. The first-order valence-electron chi connectivity index (χ1n) is 12.7. The second-order valence-corrected chi connectivity index (χ2v) is 9.33. The maximum absolute atomic E-state index is 13.0. The van der Waals surface area contributed by atoms with E-state index in [4.69, 9.17) is 33.2 Å². The molecule has 0 bridgehead atoms. The molecule has 11 nitrogen and oxygen atoms in total. The molecule has 228 valence electrons. The summed E-state index contributed by atoms with van der Waals surface area (Å²) in [4.78, 5) is 25.8. The number of hydrogen-bond acceptors (Lipinski definition) is 10. The van der Waals surface area contributed by atoms with E-state index in [9.17, 15) is 9.59 Å². The minimum absolute atomic E-state index is 0.303. The summed E-state index contributed by atoms with van der Waals surface area (Å²) in [5, 5.41) is 5.84. The van der Waals surface area contributed by atoms with Crippen molar-refractivity contribution in [3.8, 4) is 40.2 Å². The number of ether oxygens (including phenoxy) is 7. The molecule has 3 aromatic carbocycles. The van der Waals surface area contributed by atoms with E-state index in [-0.39, 0.29) is 5.78 Å². The lowest BCUT2D eigenvalue weighted by molar-refractivity contribution is -0.111. The number of methoxy groups -OCH3 is 7. The third kappa shape index (κ3) is 7.72. The molecule has 0 aliphatic rings. The maximum Gasteiger partial charge on any atom is 0.248 e. The zero-order valence-electron chi connectivity index (χ0n) is 24.8. The summed E-state index contributed by atoms with van der Waals surface area (Å²) in [5.74, 6) is 2.31. The number of halogens is 1. The molecule has 0 saturated heterocycles. The van der Waals surface area contributed by atoms with Crippen LogP contribution in [0.3, 0.4) is 0 Å². The highest BCUT2D eigenvalue weighted by Gasteiger charge is 2.22. The van der Waals surface area contributed by atoms with E-state index in [2.05, 4.69) is 26.6 Å². The van der Waals surface area contributed by atoms with E-state index in [1.54, 1.807) is 42.5 Å². The number of anilines is 2. The van der Waals surface area contributed by atoms with Crippen LogP contribution in [0, 0.1) is 0 Å². The summed E-state index contributed by atoms with van der Waals surface area (Å²) in [6.07, 6.45) is 5.75. The van der Waals surface area contributed by atoms with Gasteiger partial charge in [-0.2, -0.15) is 0 Å². The number of carbonyl (C=O) groups excluding carboxylic acids is 2. The first kappa shape index (κ1) is 32.7. The number of nitrogens with one attached hydrogen (secondary N) is 2. The molecule has 0 fully saturated rings. The topological polar surface area (TPSA) is 123 Å². The number of amides is 1. The molecule has 0 unspecified atom stereocenters. The van der Waals surface area contributed by atoms with Crippen LogP contribution < -0.4 is 43.8 Å². The van der Waals surface area contributed by atoms with Gasteiger partial charge in [0.05, 0.1) is 65.5 Å². The summed E-state index contributed by atoms with van der Waals surface area (Å²) < 4.78 is 38.1. The summed E-state index contributed by atoms with van der Waals surface area (Å²) in [5.41, 5.74) is 1.87. The Labute approximate surface area is 258 Å². The van der Waals surface area contributed by atoms with Crippen molar-refractivity contribution in [2.45, 2.75) is 0 Å². The lowest BCUT2D eigenvalue weighted by Gasteiger charge is -2.15. The second-order valence-electron chi connectivity index (χ2n) is 8.53. The monoisotopic (exact) mass is 656 g/mol. The van der Waals surface area contributed by atoms with Crippen LogP contribution >= 0.6 is 15.9 Å². The van der Waals surface area contributed by atoms with Crippen molar-refractivity contribution in [1.82, 2.24) is 0 Å². The minimum atomic E-state index is -0.394. The summed E-state index contributed by atoms with van der Waals surface area (Å²) in [6, 6.07) is 9.98. The van der Waals surface area contributed by atoms with Crippen LogP contribution in [-0.4, -0.2) is 61.5 Å². The van der Waals surface area contributed by atoms with Gasteiger partial charge in [0.15, 0.2) is 17.3 Å². The predicted octanol–water partition coefficient (Wildman–Crippen LogP) is 5.97. The molecule has 0 aliphatic carbocycles. The molecule has 43 heavy (non-hydrogen) atoms. The largest absolute Gasteiger partial charge is 0.496 e. The molecule has 12 heteroatoms. The molecule has 0 atom stereocenters. The highest BCUT2D eigenvalue weighted by Crippen LogP contribution is 2.45. The van der Waals surface area contributed by atoms with Crippen molar-refractivity contribution in [2.75, 3.05) is 60.4 Å². The number of hydrogen-bond donors (Lipinski definition) is 2. The Hall–Kier alpha value is -4.84. The SMILES string of the molecule is COc1cc(OC)c(/C=C/C(=O)Nc2ccc(OC)c(N/C=C/C(=O)c3cc(OC)c(OC)c(OC)c3Br)c2)c(OC)c1. The van der Waals surface area contributed by atoms with Crippen LogP contribution in [0.2, 0.25) is 0 Å². The van der Waals surface area contributed by atoms with Gasteiger partial charge >= 0.3 is 0 Å². The van der Waals surface area contributed by atoms with E-state index in [1.165, 1.54) is 68.1 Å². The first-order chi connectivity index (χ1) is 20.7. The van der Waals surface area contributed by atoms with Crippen LogP contribution in [-0.2, 0) is 4.79 Å². The van der Waals surface area contributed by atoms with Crippen LogP contribution in [0.25, 0.3) is 6.08 Å². The summed E-state index contributed by atoms with van der Waals surface area (Å²) >= 11 is 3.42. The second kappa shape index (κ2) is 15.4. The van der Waals surface area contributed by atoms with Crippen molar-refractivity contribution in [3.05, 3.63) is 70.3 Å². The molecule has 1 amide bonds. The van der Waals surface area contributed by atoms with Gasteiger partial charge in [-0.1, -0.05) is 0 Å². The smallest absolute Gasteiger partial charge is 0.248 e. The Balaban J connectivity index is 1.79. The van der Waals surface area contributed by atoms with E-state index in [0.29, 0.717) is 67.2 Å². The van der Waals surface area contributed by atoms with Gasteiger partial charge in [-0.15, -0.1) is 0 Å². The summed E-state index contributed by atoms with van der Waals surface area (Å²) in [7, 11) is 10.5. The van der Waals surface area contributed by atoms with Crippen molar-refractivity contribution < 1.29 is 42.7 Å². The molecule has 0 aliphatic heterocycles. The fourth-order valence-corrected chi connectivity index (χ4v) is 4.69. The van der Waals surface area contributed by atoms with Crippen molar-refractivity contribution in [2.24, 2.45) is 0 Å². The Bertz CT molecular complexity index is 1510. The number of rotatable bonds is 14. The quantitative estimate of drug-likeness (QED) is 0.158. The molecule has 3 aromatic rings. The van der Waals surface area contributed by atoms with Crippen molar-refractivity contribution in [1.29, 1.82) is 0 Å². The Morgan fingerprint density at radius 1 is 0.698 bits per heavy atom. The normalized spacial score (nSPS) is 10.8. The zero-order valence-corrected chi connectivity index (χ0v) is 26.4. The van der Waals surface area contributed by atoms with Gasteiger partial charge in [0, 0.05) is 41.7 Å². The average molecular weight is 658 g/mol. The number of ketones is 1. The Kier molecular flexibility index (Phi) is 11.7.